The molecular weight excluding hydrogens is 268 g/mol. The smallest absolute Gasteiger partial charge is 0.252 e. The zero-order chi connectivity index (χ0) is 11.3. The Balaban J connectivity index is 2.35. The Morgan fingerprint density at radius 3 is 2.47 bits per heavy atom. The van der Waals surface area contributed by atoms with Crippen LogP contribution in [0, 0.1) is 0 Å². The SMILES string of the molecule is NC1(c2cc(O)ccc2Br)CC(F)(F)C1. The highest BCUT2D eigenvalue weighted by Crippen LogP contribution is 2.51. The average molecular weight is 278 g/mol. The molecule has 2 nitrogen and oxygen atoms in total. The van der Waals surface area contributed by atoms with Gasteiger partial charge in [0.25, 0.3) is 5.92 Å². The molecule has 2 rings (SSSR count). The third kappa shape index (κ3) is 1.86. The number of nitrogens with two attached hydrogens (primary N) is 1. The molecule has 1 aliphatic rings. The minimum Gasteiger partial charge on any atom is -0.508 e. The second kappa shape index (κ2) is 3.15. The zero-order valence-electron chi connectivity index (χ0n) is 7.80. The molecule has 0 unspecified atom stereocenters. The topological polar surface area (TPSA) is 46.2 Å². The number of alkyl halides is 2. The van der Waals surface area contributed by atoms with E-state index in [1.807, 2.05) is 0 Å². The van der Waals surface area contributed by atoms with Gasteiger partial charge in [-0.2, -0.15) is 0 Å². The minimum absolute atomic E-state index is 0.0354. The first kappa shape index (κ1) is 10.8. The lowest BCUT2D eigenvalue weighted by Crippen LogP contribution is -2.55. The largest absolute Gasteiger partial charge is 0.508 e. The van der Waals surface area contributed by atoms with Crippen molar-refractivity contribution >= 4 is 15.9 Å². The monoisotopic (exact) mass is 277 g/mol. The van der Waals surface area contributed by atoms with Crippen LogP contribution >= 0.6 is 15.9 Å². The lowest BCUT2D eigenvalue weighted by atomic mass is 9.70. The van der Waals surface area contributed by atoms with Crippen LogP contribution in [0.3, 0.4) is 0 Å². The molecule has 0 spiro atoms. The molecule has 0 aliphatic heterocycles. The first-order valence-electron chi connectivity index (χ1n) is 4.48. The first-order valence-corrected chi connectivity index (χ1v) is 5.27. The summed E-state index contributed by atoms with van der Waals surface area (Å²) in [4.78, 5) is 0. The van der Waals surface area contributed by atoms with E-state index >= 15 is 0 Å². The maximum atomic E-state index is 12.8. The van der Waals surface area contributed by atoms with Gasteiger partial charge in [0.15, 0.2) is 0 Å². The van der Waals surface area contributed by atoms with Crippen LogP contribution in [0.4, 0.5) is 8.78 Å². The van der Waals surface area contributed by atoms with Crippen LogP contribution in [0.1, 0.15) is 18.4 Å². The lowest BCUT2D eigenvalue weighted by molar-refractivity contribution is -0.125. The van der Waals surface area contributed by atoms with Crippen LogP contribution in [0.25, 0.3) is 0 Å². The van der Waals surface area contributed by atoms with E-state index in [1.165, 1.54) is 12.1 Å². The standard InChI is InChI=1S/C10H10BrF2NO/c11-8-2-1-6(15)3-7(8)9(14)4-10(12,13)5-9/h1-3,15H,4-5,14H2. The summed E-state index contributed by atoms with van der Waals surface area (Å²) < 4.78 is 26.2. The van der Waals surface area contributed by atoms with Crippen LogP contribution in [0.5, 0.6) is 5.75 Å². The number of rotatable bonds is 1. The van der Waals surface area contributed by atoms with Gasteiger partial charge < -0.3 is 10.8 Å². The molecule has 0 bridgehead atoms. The Kier molecular flexibility index (Phi) is 2.28. The Hall–Kier alpha value is -0.680. The van der Waals surface area contributed by atoms with Crippen LogP contribution in [0.2, 0.25) is 0 Å². The van der Waals surface area contributed by atoms with Crippen molar-refractivity contribution in [3.05, 3.63) is 28.2 Å². The van der Waals surface area contributed by atoms with Crippen molar-refractivity contribution in [2.75, 3.05) is 0 Å². The van der Waals surface area contributed by atoms with Gasteiger partial charge in [0.2, 0.25) is 0 Å². The van der Waals surface area contributed by atoms with Crippen molar-refractivity contribution in [3.8, 4) is 5.75 Å². The second-order valence-electron chi connectivity index (χ2n) is 4.03. The predicted molar refractivity (Wildman–Crippen MR) is 55.9 cm³/mol. The molecule has 0 amide bonds. The maximum absolute atomic E-state index is 12.8. The van der Waals surface area contributed by atoms with Crippen molar-refractivity contribution in [1.82, 2.24) is 0 Å². The molecule has 1 aromatic carbocycles. The maximum Gasteiger partial charge on any atom is 0.252 e. The van der Waals surface area contributed by atoms with Gasteiger partial charge in [-0.05, 0) is 23.8 Å². The highest BCUT2D eigenvalue weighted by Gasteiger charge is 2.55. The molecule has 1 aliphatic carbocycles. The van der Waals surface area contributed by atoms with Gasteiger partial charge in [0.05, 0.1) is 5.54 Å². The molecule has 0 atom stereocenters. The summed E-state index contributed by atoms with van der Waals surface area (Å²) in [6.45, 7) is 0. The number of halogens is 3. The predicted octanol–water partition coefficient (Wildman–Crippen LogP) is 2.74. The molecule has 3 N–H and O–H groups in total. The molecule has 5 heteroatoms. The molecule has 0 heterocycles. The zero-order valence-corrected chi connectivity index (χ0v) is 9.39. The Labute approximate surface area is 94.2 Å². The normalized spacial score (nSPS) is 22.1. The van der Waals surface area contributed by atoms with Crippen molar-refractivity contribution in [2.45, 2.75) is 24.3 Å². The number of hydrogen-bond donors (Lipinski definition) is 2. The number of phenolic OH excluding ortho intramolecular Hbond substituents is 1. The lowest BCUT2D eigenvalue weighted by Gasteiger charge is -2.45. The van der Waals surface area contributed by atoms with E-state index in [9.17, 15) is 13.9 Å². The molecular formula is C10H10BrF2NO. The molecule has 1 saturated carbocycles. The first-order chi connectivity index (χ1) is 6.82. The fraction of sp³-hybridized carbons (Fsp3) is 0.400. The fourth-order valence-corrected chi connectivity index (χ4v) is 2.60. The molecule has 0 saturated heterocycles. The summed E-state index contributed by atoms with van der Waals surface area (Å²) in [5, 5.41) is 9.29. The Bertz CT molecular complexity index is 400. The summed E-state index contributed by atoms with van der Waals surface area (Å²) in [5.74, 6) is -2.65. The second-order valence-corrected chi connectivity index (χ2v) is 4.88. The molecule has 1 aromatic rings. The van der Waals surface area contributed by atoms with E-state index in [-0.39, 0.29) is 18.6 Å². The minimum atomic E-state index is -2.68. The molecule has 0 aromatic heterocycles. The molecule has 82 valence electrons. The third-order valence-corrected chi connectivity index (χ3v) is 3.33. The number of benzene rings is 1. The Morgan fingerprint density at radius 2 is 1.93 bits per heavy atom. The summed E-state index contributed by atoms with van der Waals surface area (Å²) in [7, 11) is 0. The summed E-state index contributed by atoms with van der Waals surface area (Å²) in [6, 6.07) is 4.52. The highest BCUT2D eigenvalue weighted by molar-refractivity contribution is 9.10. The van der Waals surface area contributed by atoms with E-state index in [2.05, 4.69) is 15.9 Å². The highest BCUT2D eigenvalue weighted by atomic mass is 79.9. The van der Waals surface area contributed by atoms with E-state index in [0.717, 1.165) is 0 Å². The van der Waals surface area contributed by atoms with Crippen LogP contribution < -0.4 is 5.73 Å². The molecule has 15 heavy (non-hydrogen) atoms. The van der Waals surface area contributed by atoms with Crippen LogP contribution in [-0.2, 0) is 5.54 Å². The molecule has 1 fully saturated rings. The van der Waals surface area contributed by atoms with Crippen molar-refractivity contribution < 1.29 is 13.9 Å². The summed E-state index contributed by atoms with van der Waals surface area (Å²) in [6.07, 6.45) is -0.746. The number of phenols is 1. The quantitative estimate of drug-likeness (QED) is 0.829. The van der Waals surface area contributed by atoms with Gasteiger partial charge >= 0.3 is 0 Å². The average Bonchev–Trinajstić information content (AvgIpc) is 2.05. The van der Waals surface area contributed by atoms with E-state index in [1.54, 1.807) is 6.07 Å². The van der Waals surface area contributed by atoms with E-state index in [0.29, 0.717) is 10.0 Å². The third-order valence-electron chi connectivity index (χ3n) is 2.63. The van der Waals surface area contributed by atoms with Crippen molar-refractivity contribution in [3.63, 3.8) is 0 Å². The van der Waals surface area contributed by atoms with Crippen LogP contribution in [0.15, 0.2) is 22.7 Å². The number of aromatic hydroxyl groups is 1. The molecule has 0 radical (unpaired) electrons. The van der Waals surface area contributed by atoms with Gasteiger partial charge in [-0.15, -0.1) is 0 Å². The van der Waals surface area contributed by atoms with Crippen molar-refractivity contribution in [2.24, 2.45) is 5.73 Å². The van der Waals surface area contributed by atoms with Gasteiger partial charge in [-0.25, -0.2) is 8.78 Å². The van der Waals surface area contributed by atoms with E-state index < -0.39 is 11.5 Å². The van der Waals surface area contributed by atoms with Gasteiger partial charge in [-0.1, -0.05) is 15.9 Å². The summed E-state index contributed by atoms with van der Waals surface area (Å²) >= 11 is 3.24. The Morgan fingerprint density at radius 1 is 1.33 bits per heavy atom. The number of hydrogen-bond acceptors (Lipinski definition) is 2. The fourth-order valence-electron chi connectivity index (χ4n) is 1.96. The van der Waals surface area contributed by atoms with Gasteiger partial charge in [-0.3, -0.25) is 0 Å². The summed E-state index contributed by atoms with van der Waals surface area (Å²) in [5.41, 5.74) is 5.36. The van der Waals surface area contributed by atoms with Crippen molar-refractivity contribution in [1.29, 1.82) is 0 Å². The van der Waals surface area contributed by atoms with Crippen LogP contribution in [-0.4, -0.2) is 11.0 Å². The van der Waals surface area contributed by atoms with Gasteiger partial charge in [0.1, 0.15) is 5.75 Å². The van der Waals surface area contributed by atoms with E-state index in [4.69, 9.17) is 5.73 Å². The van der Waals surface area contributed by atoms with Gasteiger partial charge in [0, 0.05) is 17.3 Å².